The summed E-state index contributed by atoms with van der Waals surface area (Å²) >= 11 is 0. The van der Waals surface area contributed by atoms with Gasteiger partial charge >= 0.3 is 0 Å². The second-order valence-corrected chi connectivity index (χ2v) is 6.47. The van der Waals surface area contributed by atoms with Crippen LogP contribution in [0.2, 0.25) is 0 Å². The fourth-order valence-corrected chi connectivity index (χ4v) is 2.93. The zero-order chi connectivity index (χ0) is 19.1. The molecule has 0 bridgehead atoms. The summed E-state index contributed by atoms with van der Waals surface area (Å²) in [5.41, 5.74) is 2.52. The van der Waals surface area contributed by atoms with E-state index in [1.165, 1.54) is 0 Å². The van der Waals surface area contributed by atoms with E-state index in [9.17, 15) is 13.6 Å². The first kappa shape index (κ1) is 18.0. The number of aromatic amines is 1. The minimum absolute atomic E-state index is 0.100. The molecular weight excluding hydrogens is 340 g/mol. The molecule has 0 saturated carbocycles. The number of hydrogen-bond donors (Lipinski definition) is 2. The number of amides is 1. The molecule has 6 nitrogen and oxygen atoms in total. The lowest BCUT2D eigenvalue weighted by Crippen LogP contribution is -2.45. The molecule has 0 unspecified atom stereocenters. The topological polar surface area (TPSA) is 75.6 Å². The van der Waals surface area contributed by atoms with Crippen LogP contribution < -0.4 is 5.32 Å². The van der Waals surface area contributed by atoms with Gasteiger partial charge in [-0.3, -0.25) is 9.89 Å². The maximum atomic E-state index is 13.6. The highest BCUT2D eigenvalue weighted by atomic mass is 19.3. The minimum Gasteiger partial charge on any atom is -0.342 e. The molecule has 8 heteroatoms. The van der Waals surface area contributed by atoms with E-state index in [4.69, 9.17) is 0 Å². The van der Waals surface area contributed by atoms with Crippen LogP contribution in [0.1, 0.15) is 36.6 Å². The second-order valence-electron chi connectivity index (χ2n) is 6.47. The monoisotopic (exact) mass is 361 g/mol. The molecule has 26 heavy (non-hydrogen) atoms. The fourth-order valence-electron chi connectivity index (χ4n) is 2.93. The molecule has 138 valence electrons. The number of carbonyl (C=O) groups excluding carboxylic acids is 1. The van der Waals surface area contributed by atoms with Crippen molar-refractivity contribution in [2.45, 2.75) is 39.2 Å². The van der Waals surface area contributed by atoms with Crippen molar-refractivity contribution < 1.29 is 13.6 Å². The third-order valence-corrected chi connectivity index (χ3v) is 4.62. The van der Waals surface area contributed by atoms with E-state index in [0.717, 1.165) is 24.0 Å². The van der Waals surface area contributed by atoms with Crippen molar-refractivity contribution in [3.63, 3.8) is 0 Å². The number of rotatable bonds is 5. The van der Waals surface area contributed by atoms with Gasteiger partial charge in [0.15, 0.2) is 5.69 Å². The van der Waals surface area contributed by atoms with Crippen LogP contribution in [0.5, 0.6) is 0 Å². The predicted octanol–water partition coefficient (Wildman–Crippen LogP) is 3.44. The Kier molecular flexibility index (Phi) is 4.52. The number of H-pyrrole nitrogens is 1. The summed E-state index contributed by atoms with van der Waals surface area (Å²) in [6, 6.07) is 4.27. The Morgan fingerprint density at radius 3 is 2.73 bits per heavy atom. The molecule has 0 spiro atoms. The Balaban J connectivity index is 1.98. The molecule has 1 amide bonds. The minimum atomic E-state index is -3.01. The lowest BCUT2D eigenvalue weighted by Gasteiger charge is -2.22. The van der Waals surface area contributed by atoms with Crippen molar-refractivity contribution in [3.8, 4) is 11.3 Å². The fraction of sp³-hybridized carbons (Fsp3) is 0.389. The standard InChI is InChI=1S/C18H21F2N5O/c1-5-15(18(3,19)20)22-17(26)16-12-8-11(6-7-13(12)23-24-16)14-9-21-10(2)25(14)4/h6-9,15H,5H2,1-4H3,(H,22,26)(H,23,24)/t15-/m0/s1. The summed E-state index contributed by atoms with van der Waals surface area (Å²) in [6.45, 7) is 4.30. The zero-order valence-electron chi connectivity index (χ0n) is 15.1. The summed E-state index contributed by atoms with van der Waals surface area (Å²) in [5, 5.41) is 9.76. The number of aryl methyl sites for hydroxylation is 1. The molecule has 0 aliphatic rings. The van der Waals surface area contributed by atoms with E-state index in [1.54, 1.807) is 13.1 Å². The van der Waals surface area contributed by atoms with Gasteiger partial charge in [0.05, 0.1) is 23.4 Å². The smallest absolute Gasteiger partial charge is 0.272 e. The third kappa shape index (κ3) is 3.18. The molecule has 0 aliphatic heterocycles. The molecule has 2 heterocycles. The Hall–Kier alpha value is -2.77. The van der Waals surface area contributed by atoms with Crippen molar-refractivity contribution >= 4 is 16.8 Å². The molecule has 3 aromatic rings. The van der Waals surface area contributed by atoms with Gasteiger partial charge in [0.25, 0.3) is 11.8 Å². The summed E-state index contributed by atoms with van der Waals surface area (Å²) in [7, 11) is 1.90. The molecule has 0 fully saturated rings. The molecular formula is C18H21F2N5O. The highest BCUT2D eigenvalue weighted by Gasteiger charge is 2.34. The van der Waals surface area contributed by atoms with Gasteiger partial charge in [-0.2, -0.15) is 5.10 Å². The van der Waals surface area contributed by atoms with Crippen LogP contribution in [0, 0.1) is 6.92 Å². The van der Waals surface area contributed by atoms with Crippen LogP contribution in [-0.4, -0.2) is 37.6 Å². The van der Waals surface area contributed by atoms with E-state index >= 15 is 0 Å². The van der Waals surface area contributed by atoms with E-state index < -0.39 is 17.9 Å². The number of imidazole rings is 1. The van der Waals surface area contributed by atoms with Gasteiger partial charge in [0.2, 0.25) is 0 Å². The summed E-state index contributed by atoms with van der Waals surface area (Å²) in [4.78, 5) is 16.8. The van der Waals surface area contributed by atoms with Gasteiger partial charge in [0, 0.05) is 24.9 Å². The molecule has 0 aliphatic carbocycles. The number of alkyl halides is 2. The first-order chi connectivity index (χ1) is 12.2. The lowest BCUT2D eigenvalue weighted by atomic mass is 10.1. The molecule has 1 aromatic carbocycles. The van der Waals surface area contributed by atoms with Gasteiger partial charge in [-0.1, -0.05) is 13.0 Å². The van der Waals surface area contributed by atoms with E-state index in [-0.39, 0.29) is 12.1 Å². The zero-order valence-corrected chi connectivity index (χ0v) is 15.1. The van der Waals surface area contributed by atoms with Crippen LogP contribution in [0.25, 0.3) is 22.2 Å². The van der Waals surface area contributed by atoms with Gasteiger partial charge < -0.3 is 9.88 Å². The molecule has 2 aromatic heterocycles. The molecule has 0 radical (unpaired) electrons. The number of fused-ring (bicyclic) bond motifs is 1. The maximum absolute atomic E-state index is 13.6. The largest absolute Gasteiger partial charge is 0.342 e. The maximum Gasteiger partial charge on any atom is 0.272 e. The molecule has 1 atom stereocenters. The predicted molar refractivity (Wildman–Crippen MR) is 95.2 cm³/mol. The van der Waals surface area contributed by atoms with Crippen LogP contribution in [0.4, 0.5) is 8.78 Å². The quantitative estimate of drug-likeness (QED) is 0.731. The van der Waals surface area contributed by atoms with Crippen LogP contribution in [0.15, 0.2) is 24.4 Å². The number of nitrogens with zero attached hydrogens (tertiary/aromatic N) is 3. The summed E-state index contributed by atoms with van der Waals surface area (Å²) < 4.78 is 29.1. The van der Waals surface area contributed by atoms with Crippen molar-refractivity contribution in [2.75, 3.05) is 0 Å². The van der Waals surface area contributed by atoms with Gasteiger partial charge in [-0.05, 0) is 25.5 Å². The normalized spacial score (nSPS) is 13.2. The van der Waals surface area contributed by atoms with E-state index in [0.29, 0.717) is 10.9 Å². The van der Waals surface area contributed by atoms with Crippen LogP contribution >= 0.6 is 0 Å². The highest BCUT2D eigenvalue weighted by Crippen LogP contribution is 2.26. The number of carbonyl (C=O) groups is 1. The lowest BCUT2D eigenvalue weighted by molar-refractivity contribution is -0.0179. The average molecular weight is 361 g/mol. The van der Waals surface area contributed by atoms with Gasteiger partial charge in [-0.15, -0.1) is 0 Å². The summed E-state index contributed by atoms with van der Waals surface area (Å²) in [5.74, 6) is -2.77. The van der Waals surface area contributed by atoms with Crippen molar-refractivity contribution in [2.24, 2.45) is 7.05 Å². The Bertz CT molecular complexity index is 954. The van der Waals surface area contributed by atoms with Crippen LogP contribution in [-0.2, 0) is 7.05 Å². The Labute approximate surface area is 149 Å². The van der Waals surface area contributed by atoms with Gasteiger partial charge in [0.1, 0.15) is 5.82 Å². The van der Waals surface area contributed by atoms with Gasteiger partial charge in [-0.25, -0.2) is 13.8 Å². The molecule has 2 N–H and O–H groups in total. The van der Waals surface area contributed by atoms with E-state index in [2.05, 4.69) is 20.5 Å². The Morgan fingerprint density at radius 2 is 2.15 bits per heavy atom. The third-order valence-electron chi connectivity index (χ3n) is 4.62. The van der Waals surface area contributed by atoms with Crippen molar-refractivity contribution in [1.82, 2.24) is 25.1 Å². The average Bonchev–Trinajstić information content (AvgIpc) is 3.15. The highest BCUT2D eigenvalue weighted by molar-refractivity contribution is 6.05. The van der Waals surface area contributed by atoms with Crippen molar-refractivity contribution in [1.29, 1.82) is 0 Å². The summed E-state index contributed by atoms with van der Waals surface area (Å²) in [6.07, 6.45) is 1.87. The van der Waals surface area contributed by atoms with Crippen molar-refractivity contribution in [3.05, 3.63) is 35.9 Å². The number of hydrogen-bond acceptors (Lipinski definition) is 3. The van der Waals surface area contributed by atoms with E-state index in [1.807, 2.05) is 36.7 Å². The number of halogens is 2. The number of benzene rings is 1. The number of nitrogens with one attached hydrogen (secondary N) is 2. The molecule has 3 rings (SSSR count). The number of aromatic nitrogens is 4. The SMILES string of the molecule is CC[C@H](NC(=O)c1n[nH]c2ccc(-c3cnc(C)n3C)cc12)C(C)(F)F. The second kappa shape index (κ2) is 6.51. The first-order valence-corrected chi connectivity index (χ1v) is 8.37. The Morgan fingerprint density at radius 1 is 1.42 bits per heavy atom. The first-order valence-electron chi connectivity index (χ1n) is 8.37. The molecule has 0 saturated heterocycles. The van der Waals surface area contributed by atoms with Crippen LogP contribution in [0.3, 0.4) is 0 Å².